The second-order valence-electron chi connectivity index (χ2n) is 9.60. The molecule has 2 aliphatic heterocycles. The van der Waals surface area contributed by atoms with Crippen LogP contribution in [0.3, 0.4) is 0 Å². The maximum Gasteiger partial charge on any atom is 0.417 e. The Kier molecular flexibility index (Phi) is 7.96. The lowest BCUT2D eigenvalue weighted by Crippen LogP contribution is -2.54. The van der Waals surface area contributed by atoms with Crippen LogP contribution in [0.25, 0.3) is 0 Å². The van der Waals surface area contributed by atoms with Gasteiger partial charge in [0.05, 0.1) is 5.92 Å². The summed E-state index contributed by atoms with van der Waals surface area (Å²) >= 11 is 0. The molecule has 0 aromatic heterocycles. The van der Waals surface area contributed by atoms with Crippen LogP contribution in [0.5, 0.6) is 0 Å². The van der Waals surface area contributed by atoms with Crippen molar-refractivity contribution < 1.29 is 27.5 Å². The molecule has 0 aliphatic carbocycles. The molecule has 2 saturated heterocycles. The lowest BCUT2D eigenvalue weighted by molar-refractivity contribution is -0.276. The number of nitrogens with zero attached hydrogens (tertiary/aromatic N) is 2. The Hall–Kier alpha value is -3.27. The van der Waals surface area contributed by atoms with Crippen molar-refractivity contribution in [2.24, 2.45) is 5.92 Å². The van der Waals surface area contributed by atoms with Crippen LogP contribution in [0.4, 0.5) is 30.2 Å². The summed E-state index contributed by atoms with van der Waals surface area (Å²) in [6.07, 6.45) is -4.32. The summed E-state index contributed by atoms with van der Waals surface area (Å²) in [6, 6.07) is 15.3. The molecule has 2 aromatic carbocycles. The summed E-state index contributed by atoms with van der Waals surface area (Å²) in [5, 5.41) is 6.23. The third kappa shape index (κ3) is 6.01. The first-order valence-corrected chi connectivity index (χ1v) is 12.5. The summed E-state index contributed by atoms with van der Waals surface area (Å²) in [7, 11) is 1.13. The topological polar surface area (TPSA) is 73.9 Å². The number of nitrogens with one attached hydrogen (secondary N) is 2. The first kappa shape index (κ1) is 26.8. The maximum absolute atomic E-state index is 13.4. The number of hydrogen-bond acceptors (Lipinski definition) is 5. The quantitative estimate of drug-likeness (QED) is 0.540. The van der Waals surface area contributed by atoms with Crippen molar-refractivity contribution in [2.45, 2.75) is 44.5 Å². The molecule has 2 N–H and O–H groups in total. The highest BCUT2D eigenvalue weighted by atomic mass is 19.4. The van der Waals surface area contributed by atoms with Crippen LogP contribution < -0.4 is 15.5 Å². The second-order valence-corrected chi connectivity index (χ2v) is 9.60. The minimum absolute atomic E-state index is 0.0246. The molecule has 2 heterocycles. The van der Waals surface area contributed by atoms with Gasteiger partial charge in [0, 0.05) is 76.2 Å². The van der Waals surface area contributed by atoms with Crippen molar-refractivity contribution in [3.05, 3.63) is 54.1 Å². The Morgan fingerprint density at radius 2 is 1.65 bits per heavy atom. The Bertz CT molecular complexity index is 1080. The highest BCUT2D eigenvalue weighted by molar-refractivity contribution is 5.89. The van der Waals surface area contributed by atoms with Gasteiger partial charge >= 0.3 is 6.18 Å². The van der Waals surface area contributed by atoms with Gasteiger partial charge in [0.2, 0.25) is 11.8 Å². The molecule has 1 unspecified atom stereocenters. The van der Waals surface area contributed by atoms with E-state index in [1.54, 1.807) is 4.90 Å². The average molecular weight is 519 g/mol. The SMILES string of the molecule is CCN1CC(C(=O)NCc2ccc(Nc3ccc(N4CCC(OC)(C(F)(F)F)CC4)cc3)cc2)CC1=O. The number of alkyl halides is 3. The van der Waals surface area contributed by atoms with Crippen molar-refractivity contribution in [1.29, 1.82) is 0 Å². The molecule has 10 heteroatoms. The summed E-state index contributed by atoms with van der Waals surface area (Å²) in [5.41, 5.74) is 1.48. The molecule has 0 bridgehead atoms. The predicted octanol–water partition coefficient (Wildman–Crippen LogP) is 4.46. The summed E-state index contributed by atoms with van der Waals surface area (Å²) in [4.78, 5) is 27.9. The summed E-state index contributed by atoms with van der Waals surface area (Å²) in [6.45, 7) is 3.93. The van der Waals surface area contributed by atoms with Crippen molar-refractivity contribution >= 4 is 28.9 Å². The Morgan fingerprint density at radius 3 is 2.16 bits per heavy atom. The minimum atomic E-state index is -4.38. The van der Waals surface area contributed by atoms with Crippen LogP contribution in [0.1, 0.15) is 31.7 Å². The molecule has 7 nitrogen and oxygen atoms in total. The molecular weight excluding hydrogens is 485 g/mol. The number of benzene rings is 2. The number of carbonyl (C=O) groups excluding carboxylic acids is 2. The predicted molar refractivity (Wildman–Crippen MR) is 136 cm³/mol. The largest absolute Gasteiger partial charge is 0.417 e. The van der Waals surface area contributed by atoms with Crippen LogP contribution >= 0.6 is 0 Å². The molecule has 37 heavy (non-hydrogen) atoms. The van der Waals surface area contributed by atoms with Crippen LogP contribution in [0, 0.1) is 5.92 Å². The van der Waals surface area contributed by atoms with Crippen molar-refractivity contribution in [3.63, 3.8) is 0 Å². The molecule has 0 spiro atoms. The second kappa shape index (κ2) is 11.0. The van der Waals surface area contributed by atoms with E-state index in [0.717, 1.165) is 29.7 Å². The fraction of sp³-hybridized carbons (Fsp3) is 0.481. The van der Waals surface area contributed by atoms with Gasteiger partial charge in [-0.3, -0.25) is 9.59 Å². The van der Waals surface area contributed by atoms with Gasteiger partial charge in [0.25, 0.3) is 0 Å². The van der Waals surface area contributed by atoms with E-state index in [9.17, 15) is 22.8 Å². The van der Waals surface area contributed by atoms with E-state index >= 15 is 0 Å². The van der Waals surface area contributed by atoms with Gasteiger partial charge in [-0.05, 0) is 48.9 Å². The molecule has 2 aromatic rings. The molecule has 2 amide bonds. The van der Waals surface area contributed by atoms with E-state index in [1.165, 1.54) is 0 Å². The standard InChI is InChI=1S/C27H33F3N4O3/c1-3-33-18-20(16-24(33)35)25(36)31-17-19-4-6-21(7-5-19)32-22-8-10-23(11-9-22)34-14-12-26(37-2,13-15-34)27(28,29)30/h4-11,20,32H,3,12-18H2,1-2H3,(H,31,36). The molecule has 4 rings (SSSR count). The number of ether oxygens (including phenoxy) is 1. The first-order chi connectivity index (χ1) is 17.6. The van der Waals surface area contributed by atoms with Gasteiger partial charge in [0.1, 0.15) is 0 Å². The Balaban J connectivity index is 1.26. The number of halogens is 3. The van der Waals surface area contributed by atoms with Crippen LogP contribution in [-0.4, -0.2) is 61.8 Å². The lowest BCUT2D eigenvalue weighted by Gasteiger charge is -2.42. The zero-order valence-electron chi connectivity index (χ0n) is 21.1. The smallest absolute Gasteiger partial charge is 0.371 e. The van der Waals surface area contributed by atoms with E-state index in [1.807, 2.05) is 60.4 Å². The van der Waals surface area contributed by atoms with Crippen LogP contribution in [0.15, 0.2) is 48.5 Å². The monoisotopic (exact) mass is 518 g/mol. The van der Waals surface area contributed by atoms with Crippen molar-refractivity contribution in [1.82, 2.24) is 10.2 Å². The van der Waals surface area contributed by atoms with Crippen molar-refractivity contribution in [2.75, 3.05) is 43.5 Å². The number of carbonyl (C=O) groups is 2. The normalized spacial score (nSPS) is 19.7. The molecular formula is C27H33F3N4O3. The number of rotatable bonds is 8. The third-order valence-electron chi connectivity index (χ3n) is 7.39. The number of methoxy groups -OCH3 is 1. The van der Waals surface area contributed by atoms with Gasteiger partial charge in [-0.25, -0.2) is 0 Å². The molecule has 2 fully saturated rings. The molecule has 1 atom stereocenters. The number of hydrogen-bond donors (Lipinski definition) is 2. The van der Waals surface area contributed by atoms with Gasteiger partial charge < -0.3 is 25.2 Å². The fourth-order valence-electron chi connectivity index (χ4n) is 4.94. The van der Waals surface area contributed by atoms with E-state index in [0.29, 0.717) is 19.6 Å². The number of piperidine rings is 1. The van der Waals surface area contributed by atoms with Gasteiger partial charge in [-0.15, -0.1) is 0 Å². The van der Waals surface area contributed by atoms with E-state index in [-0.39, 0.29) is 50.1 Å². The Labute approximate surface area is 215 Å². The van der Waals surface area contributed by atoms with Gasteiger partial charge in [-0.1, -0.05) is 12.1 Å². The van der Waals surface area contributed by atoms with Crippen molar-refractivity contribution in [3.8, 4) is 0 Å². The van der Waals surface area contributed by atoms with Crippen LogP contribution in [-0.2, 0) is 20.9 Å². The minimum Gasteiger partial charge on any atom is -0.371 e. The fourth-order valence-corrected chi connectivity index (χ4v) is 4.94. The average Bonchev–Trinajstić information content (AvgIpc) is 3.28. The van der Waals surface area contributed by atoms with Gasteiger partial charge in [0.15, 0.2) is 5.60 Å². The molecule has 0 radical (unpaired) electrons. The summed E-state index contributed by atoms with van der Waals surface area (Å²) in [5.74, 6) is -0.378. The third-order valence-corrected chi connectivity index (χ3v) is 7.39. The Morgan fingerprint density at radius 1 is 1.05 bits per heavy atom. The number of anilines is 3. The first-order valence-electron chi connectivity index (χ1n) is 12.5. The van der Waals surface area contributed by atoms with Crippen LogP contribution in [0.2, 0.25) is 0 Å². The van der Waals surface area contributed by atoms with Gasteiger partial charge in [-0.2, -0.15) is 13.2 Å². The maximum atomic E-state index is 13.4. The number of amides is 2. The highest BCUT2D eigenvalue weighted by Crippen LogP contribution is 2.42. The molecule has 200 valence electrons. The highest BCUT2D eigenvalue weighted by Gasteiger charge is 2.56. The van der Waals surface area contributed by atoms with E-state index < -0.39 is 11.8 Å². The lowest BCUT2D eigenvalue weighted by atomic mass is 9.90. The summed E-state index contributed by atoms with van der Waals surface area (Å²) < 4.78 is 45.1. The van der Waals surface area contributed by atoms with E-state index in [2.05, 4.69) is 10.6 Å². The molecule has 0 saturated carbocycles. The zero-order chi connectivity index (χ0) is 26.6. The van der Waals surface area contributed by atoms with E-state index in [4.69, 9.17) is 4.74 Å². The zero-order valence-corrected chi connectivity index (χ0v) is 21.1. The molecule has 2 aliphatic rings. The number of likely N-dealkylation sites (tertiary alicyclic amines) is 1.